The maximum absolute atomic E-state index is 5.45. The van der Waals surface area contributed by atoms with E-state index in [1.54, 1.807) is 0 Å². The van der Waals surface area contributed by atoms with Crippen molar-refractivity contribution in [1.82, 2.24) is 19.9 Å². The Morgan fingerprint density at radius 3 is 2.38 bits per heavy atom. The standard InChI is InChI=1S/C13H27N7O/c1-6-7-21-13-17-11(16-12(18-13)19-14)15-10(9(2)3)8-20(4)5/h9-10H,6-8,14H2,1-5H3,(H2,15,16,17,18,19). The molecular weight excluding hydrogens is 270 g/mol. The highest BCUT2D eigenvalue weighted by molar-refractivity contribution is 5.36. The molecule has 8 nitrogen and oxygen atoms in total. The van der Waals surface area contributed by atoms with Crippen LogP contribution in [0.1, 0.15) is 27.2 Å². The zero-order valence-electron chi connectivity index (χ0n) is 13.6. The molecule has 1 unspecified atom stereocenters. The molecule has 0 fully saturated rings. The zero-order valence-corrected chi connectivity index (χ0v) is 13.6. The average molecular weight is 297 g/mol. The van der Waals surface area contributed by atoms with Crippen LogP contribution in [0.15, 0.2) is 0 Å². The third kappa shape index (κ3) is 6.09. The summed E-state index contributed by atoms with van der Waals surface area (Å²) >= 11 is 0. The number of hydrogen-bond donors (Lipinski definition) is 3. The number of hydrogen-bond acceptors (Lipinski definition) is 8. The van der Waals surface area contributed by atoms with Gasteiger partial charge in [0.15, 0.2) is 0 Å². The van der Waals surface area contributed by atoms with Gasteiger partial charge in [-0.1, -0.05) is 20.8 Å². The molecule has 0 aliphatic heterocycles. The Labute approximate surface area is 126 Å². The Kier molecular flexibility index (Phi) is 7.10. The molecule has 120 valence electrons. The quantitative estimate of drug-likeness (QED) is 0.457. The van der Waals surface area contributed by atoms with E-state index in [-0.39, 0.29) is 18.0 Å². The second-order valence-electron chi connectivity index (χ2n) is 5.52. The normalized spacial score (nSPS) is 12.6. The third-order valence-corrected chi connectivity index (χ3v) is 2.86. The predicted molar refractivity (Wildman–Crippen MR) is 84.2 cm³/mol. The fourth-order valence-corrected chi connectivity index (χ4v) is 1.73. The number of ether oxygens (including phenoxy) is 1. The molecule has 0 amide bonds. The number of nitrogens with zero attached hydrogens (tertiary/aromatic N) is 4. The van der Waals surface area contributed by atoms with Crippen molar-refractivity contribution < 1.29 is 4.74 Å². The van der Waals surface area contributed by atoms with Crippen LogP contribution < -0.4 is 21.3 Å². The first kappa shape index (κ1) is 17.4. The van der Waals surface area contributed by atoms with Crippen molar-refractivity contribution in [3.05, 3.63) is 0 Å². The second-order valence-corrected chi connectivity index (χ2v) is 5.52. The number of likely N-dealkylation sites (N-methyl/N-ethyl adjacent to an activating group) is 1. The van der Waals surface area contributed by atoms with Gasteiger partial charge in [0.25, 0.3) is 0 Å². The molecule has 0 aliphatic rings. The van der Waals surface area contributed by atoms with E-state index in [0.717, 1.165) is 13.0 Å². The van der Waals surface area contributed by atoms with Gasteiger partial charge in [-0.3, -0.25) is 5.43 Å². The lowest BCUT2D eigenvalue weighted by Crippen LogP contribution is -2.37. The minimum absolute atomic E-state index is 0.215. The molecule has 0 saturated heterocycles. The summed E-state index contributed by atoms with van der Waals surface area (Å²) in [5, 5.41) is 3.32. The van der Waals surface area contributed by atoms with Crippen molar-refractivity contribution in [3.8, 4) is 6.01 Å². The highest BCUT2D eigenvalue weighted by Gasteiger charge is 2.17. The maximum Gasteiger partial charge on any atom is 0.323 e. The van der Waals surface area contributed by atoms with E-state index in [0.29, 0.717) is 18.5 Å². The summed E-state index contributed by atoms with van der Waals surface area (Å²) in [4.78, 5) is 14.7. The topological polar surface area (TPSA) is 101 Å². The van der Waals surface area contributed by atoms with E-state index in [1.165, 1.54) is 0 Å². The fraction of sp³-hybridized carbons (Fsp3) is 0.769. The largest absolute Gasteiger partial charge is 0.463 e. The van der Waals surface area contributed by atoms with Crippen LogP contribution in [0.4, 0.5) is 11.9 Å². The number of nitrogens with one attached hydrogen (secondary N) is 2. The lowest BCUT2D eigenvalue weighted by Gasteiger charge is -2.25. The van der Waals surface area contributed by atoms with Crippen LogP contribution in [0.5, 0.6) is 6.01 Å². The molecule has 1 aromatic rings. The molecule has 0 aromatic carbocycles. The van der Waals surface area contributed by atoms with Crippen LogP contribution in [0.25, 0.3) is 0 Å². The highest BCUT2D eigenvalue weighted by Crippen LogP contribution is 2.14. The summed E-state index contributed by atoms with van der Waals surface area (Å²) in [5.41, 5.74) is 2.43. The molecule has 0 bridgehead atoms. The number of nitrogen functional groups attached to an aromatic ring is 1. The Morgan fingerprint density at radius 2 is 1.86 bits per heavy atom. The van der Waals surface area contributed by atoms with Crippen LogP contribution in [0.2, 0.25) is 0 Å². The van der Waals surface area contributed by atoms with Gasteiger partial charge in [-0.25, -0.2) is 5.84 Å². The Bertz CT molecular complexity index is 425. The van der Waals surface area contributed by atoms with Gasteiger partial charge in [-0.05, 0) is 26.4 Å². The molecule has 1 heterocycles. The molecule has 0 spiro atoms. The highest BCUT2D eigenvalue weighted by atomic mass is 16.5. The molecule has 21 heavy (non-hydrogen) atoms. The lowest BCUT2D eigenvalue weighted by atomic mass is 10.0. The molecule has 8 heteroatoms. The van der Waals surface area contributed by atoms with E-state index in [4.69, 9.17) is 10.6 Å². The molecule has 0 saturated carbocycles. The van der Waals surface area contributed by atoms with E-state index >= 15 is 0 Å². The van der Waals surface area contributed by atoms with Gasteiger partial charge in [-0.15, -0.1) is 0 Å². The van der Waals surface area contributed by atoms with Crippen LogP contribution in [0, 0.1) is 5.92 Å². The average Bonchev–Trinajstić information content (AvgIpc) is 2.43. The van der Waals surface area contributed by atoms with Crippen LogP contribution in [-0.2, 0) is 0 Å². The maximum atomic E-state index is 5.45. The van der Waals surface area contributed by atoms with E-state index < -0.39 is 0 Å². The summed E-state index contributed by atoms with van der Waals surface area (Å²) < 4.78 is 5.45. The SMILES string of the molecule is CCCOc1nc(NN)nc(NC(CN(C)C)C(C)C)n1. The van der Waals surface area contributed by atoms with Gasteiger partial charge in [0.05, 0.1) is 6.61 Å². The number of nitrogens with two attached hydrogens (primary N) is 1. The molecule has 1 rings (SSSR count). The van der Waals surface area contributed by atoms with Crippen molar-refractivity contribution in [2.45, 2.75) is 33.2 Å². The molecule has 4 N–H and O–H groups in total. The Morgan fingerprint density at radius 1 is 1.19 bits per heavy atom. The number of aromatic nitrogens is 3. The number of hydrazine groups is 1. The van der Waals surface area contributed by atoms with Gasteiger partial charge in [-0.2, -0.15) is 15.0 Å². The van der Waals surface area contributed by atoms with Gasteiger partial charge in [0.1, 0.15) is 0 Å². The monoisotopic (exact) mass is 297 g/mol. The van der Waals surface area contributed by atoms with Crippen molar-refractivity contribution in [2.75, 3.05) is 38.0 Å². The molecule has 0 radical (unpaired) electrons. The molecule has 0 aliphatic carbocycles. The van der Waals surface area contributed by atoms with Gasteiger partial charge in [0.2, 0.25) is 11.9 Å². The van der Waals surface area contributed by atoms with E-state index in [1.807, 2.05) is 21.0 Å². The molecule has 1 aromatic heterocycles. The van der Waals surface area contributed by atoms with Gasteiger partial charge < -0.3 is 15.0 Å². The summed E-state index contributed by atoms with van der Waals surface area (Å²) in [6.45, 7) is 7.75. The minimum atomic E-state index is 0.215. The second kappa shape index (κ2) is 8.58. The van der Waals surface area contributed by atoms with Gasteiger partial charge >= 0.3 is 6.01 Å². The zero-order chi connectivity index (χ0) is 15.8. The van der Waals surface area contributed by atoms with Crippen molar-refractivity contribution in [2.24, 2.45) is 11.8 Å². The molecular formula is C13H27N7O. The smallest absolute Gasteiger partial charge is 0.323 e. The van der Waals surface area contributed by atoms with Crippen LogP contribution in [0.3, 0.4) is 0 Å². The number of rotatable bonds is 9. The van der Waals surface area contributed by atoms with Crippen molar-refractivity contribution in [1.29, 1.82) is 0 Å². The minimum Gasteiger partial charge on any atom is -0.463 e. The van der Waals surface area contributed by atoms with Crippen LogP contribution >= 0.6 is 0 Å². The van der Waals surface area contributed by atoms with Gasteiger partial charge in [0, 0.05) is 12.6 Å². The Hall–Kier alpha value is -1.67. The first-order valence-electron chi connectivity index (χ1n) is 7.23. The molecule has 1 atom stereocenters. The predicted octanol–water partition coefficient (Wildman–Crippen LogP) is 0.944. The Balaban J connectivity index is 2.88. The first-order chi connectivity index (χ1) is 9.96. The van der Waals surface area contributed by atoms with E-state index in [2.05, 4.69) is 44.4 Å². The summed E-state index contributed by atoms with van der Waals surface area (Å²) in [6.07, 6.45) is 0.884. The summed E-state index contributed by atoms with van der Waals surface area (Å²) in [6, 6.07) is 0.488. The van der Waals surface area contributed by atoms with Crippen LogP contribution in [-0.4, -0.2) is 53.1 Å². The summed E-state index contributed by atoms with van der Waals surface area (Å²) in [5.74, 6) is 6.57. The summed E-state index contributed by atoms with van der Waals surface area (Å²) in [7, 11) is 4.07. The first-order valence-corrected chi connectivity index (χ1v) is 7.23. The fourth-order valence-electron chi connectivity index (χ4n) is 1.73. The van der Waals surface area contributed by atoms with E-state index in [9.17, 15) is 0 Å². The van der Waals surface area contributed by atoms with Crippen molar-refractivity contribution in [3.63, 3.8) is 0 Å². The third-order valence-electron chi connectivity index (χ3n) is 2.86. The van der Waals surface area contributed by atoms with Crippen molar-refractivity contribution >= 4 is 11.9 Å². The lowest BCUT2D eigenvalue weighted by molar-refractivity contribution is 0.291. The number of anilines is 2.